The monoisotopic (exact) mass is 269 g/mol. The molecule has 2 fully saturated rings. The first kappa shape index (κ1) is 15.3. The molecule has 0 N–H and O–H groups in total. The summed E-state index contributed by atoms with van der Waals surface area (Å²) >= 11 is 0. The van der Waals surface area contributed by atoms with E-state index in [0.29, 0.717) is 12.0 Å². The fourth-order valence-corrected chi connectivity index (χ4v) is 3.24. The Hall–Kier alpha value is -0.120. The quantitative estimate of drug-likeness (QED) is 0.707. The topological polar surface area (TPSA) is 21.7 Å². The van der Waals surface area contributed by atoms with Crippen LogP contribution in [0.1, 0.15) is 58.8 Å². The zero-order chi connectivity index (χ0) is 13.5. The molecule has 2 aliphatic heterocycles. The second kappa shape index (κ2) is 8.23. The van der Waals surface area contributed by atoms with Gasteiger partial charge in [-0.1, -0.05) is 33.1 Å². The van der Waals surface area contributed by atoms with Gasteiger partial charge in [0.25, 0.3) is 0 Å². The molecule has 0 saturated carbocycles. The Balaban J connectivity index is 1.71. The van der Waals surface area contributed by atoms with Crippen LogP contribution in [-0.2, 0) is 9.47 Å². The lowest BCUT2D eigenvalue weighted by atomic mass is 9.99. The van der Waals surface area contributed by atoms with Crippen LogP contribution >= 0.6 is 0 Å². The Morgan fingerprint density at radius 2 is 1.95 bits per heavy atom. The van der Waals surface area contributed by atoms with Crippen molar-refractivity contribution < 1.29 is 9.47 Å². The van der Waals surface area contributed by atoms with E-state index in [4.69, 9.17) is 9.47 Å². The third kappa shape index (κ3) is 4.73. The molecule has 3 nitrogen and oxygen atoms in total. The van der Waals surface area contributed by atoms with Crippen molar-refractivity contribution >= 4 is 0 Å². The number of likely N-dealkylation sites (tertiary alicyclic amines) is 1. The van der Waals surface area contributed by atoms with Gasteiger partial charge in [-0.3, -0.25) is 0 Å². The lowest BCUT2D eigenvalue weighted by Gasteiger charge is -2.28. The van der Waals surface area contributed by atoms with Gasteiger partial charge in [0.1, 0.15) is 0 Å². The number of ether oxygens (including phenoxy) is 2. The maximum Gasteiger partial charge on any atom is 0.161 e. The molecule has 0 unspecified atom stereocenters. The Labute approximate surface area is 118 Å². The highest BCUT2D eigenvalue weighted by Crippen LogP contribution is 2.26. The van der Waals surface area contributed by atoms with Crippen molar-refractivity contribution in [1.82, 2.24) is 4.90 Å². The van der Waals surface area contributed by atoms with Gasteiger partial charge in [-0.05, 0) is 38.8 Å². The van der Waals surface area contributed by atoms with Crippen LogP contribution in [0.15, 0.2) is 0 Å². The van der Waals surface area contributed by atoms with E-state index >= 15 is 0 Å². The van der Waals surface area contributed by atoms with Crippen LogP contribution in [0.3, 0.4) is 0 Å². The van der Waals surface area contributed by atoms with E-state index in [2.05, 4.69) is 18.7 Å². The molecule has 0 aromatic heterocycles. The summed E-state index contributed by atoms with van der Waals surface area (Å²) in [6.07, 6.45) is 9.44. The first-order valence-electron chi connectivity index (χ1n) is 8.33. The number of nitrogens with zero attached hydrogens (tertiary/aromatic N) is 1. The SMILES string of the molecule is CCCC[C@@H](CC)[C@@H]1OC[C@H](CN2CCCCC2)O1. The van der Waals surface area contributed by atoms with Gasteiger partial charge >= 0.3 is 0 Å². The molecule has 0 aliphatic carbocycles. The van der Waals surface area contributed by atoms with Gasteiger partial charge in [0.15, 0.2) is 6.29 Å². The largest absolute Gasteiger partial charge is 0.350 e. The minimum atomic E-state index is 0.0614. The van der Waals surface area contributed by atoms with Gasteiger partial charge in [-0.2, -0.15) is 0 Å². The van der Waals surface area contributed by atoms with Crippen LogP contribution in [0, 0.1) is 5.92 Å². The second-order valence-corrected chi connectivity index (χ2v) is 6.13. The molecule has 19 heavy (non-hydrogen) atoms. The Morgan fingerprint density at radius 1 is 1.16 bits per heavy atom. The Bertz CT molecular complexity index is 241. The highest BCUT2D eigenvalue weighted by atomic mass is 16.7. The lowest BCUT2D eigenvalue weighted by Crippen LogP contribution is -2.37. The van der Waals surface area contributed by atoms with E-state index in [9.17, 15) is 0 Å². The van der Waals surface area contributed by atoms with Crippen molar-refractivity contribution in [2.45, 2.75) is 71.2 Å². The molecule has 0 radical (unpaired) electrons. The molecule has 0 aromatic carbocycles. The summed E-state index contributed by atoms with van der Waals surface area (Å²) in [5.41, 5.74) is 0. The summed E-state index contributed by atoms with van der Waals surface area (Å²) in [7, 11) is 0. The molecule has 2 aliphatic rings. The highest BCUT2D eigenvalue weighted by molar-refractivity contribution is 4.76. The van der Waals surface area contributed by atoms with Crippen LogP contribution < -0.4 is 0 Å². The van der Waals surface area contributed by atoms with Crippen molar-refractivity contribution in [1.29, 1.82) is 0 Å². The predicted octanol–water partition coefficient (Wildman–Crippen LogP) is 3.43. The Morgan fingerprint density at radius 3 is 2.63 bits per heavy atom. The molecule has 0 bridgehead atoms. The van der Waals surface area contributed by atoms with Gasteiger partial charge in [-0.25, -0.2) is 0 Å². The van der Waals surface area contributed by atoms with Crippen LogP contribution in [-0.4, -0.2) is 43.5 Å². The van der Waals surface area contributed by atoms with Gasteiger partial charge in [0, 0.05) is 12.5 Å². The molecular weight excluding hydrogens is 238 g/mol. The molecule has 0 amide bonds. The highest BCUT2D eigenvalue weighted by Gasteiger charge is 2.32. The number of unbranched alkanes of at least 4 members (excludes halogenated alkanes) is 1. The zero-order valence-electron chi connectivity index (χ0n) is 12.8. The minimum absolute atomic E-state index is 0.0614. The van der Waals surface area contributed by atoms with Crippen LogP contribution in [0.5, 0.6) is 0 Å². The fourth-order valence-electron chi connectivity index (χ4n) is 3.24. The summed E-state index contributed by atoms with van der Waals surface area (Å²) in [5, 5.41) is 0. The standard InChI is InChI=1S/C16H31NO2/c1-3-5-9-14(4-2)16-18-13-15(19-16)12-17-10-7-6-8-11-17/h14-16H,3-13H2,1-2H3/t14-,15+,16-/m1/s1. The summed E-state index contributed by atoms with van der Waals surface area (Å²) in [6, 6.07) is 0. The molecule has 2 heterocycles. The van der Waals surface area contributed by atoms with Gasteiger partial charge in [0.2, 0.25) is 0 Å². The van der Waals surface area contributed by atoms with Crippen LogP contribution in [0.4, 0.5) is 0 Å². The summed E-state index contributed by atoms with van der Waals surface area (Å²) in [6.45, 7) is 8.87. The molecule has 3 atom stereocenters. The van der Waals surface area contributed by atoms with E-state index in [0.717, 1.165) is 13.2 Å². The van der Waals surface area contributed by atoms with Crippen molar-refractivity contribution in [3.63, 3.8) is 0 Å². The zero-order valence-corrected chi connectivity index (χ0v) is 12.8. The second-order valence-electron chi connectivity index (χ2n) is 6.13. The van der Waals surface area contributed by atoms with E-state index < -0.39 is 0 Å². The summed E-state index contributed by atoms with van der Waals surface area (Å²) < 4.78 is 12.1. The Kier molecular flexibility index (Phi) is 6.62. The maximum absolute atomic E-state index is 6.15. The van der Waals surface area contributed by atoms with E-state index in [1.165, 1.54) is 58.0 Å². The third-order valence-corrected chi connectivity index (χ3v) is 4.52. The molecule has 0 aromatic rings. The molecule has 112 valence electrons. The molecule has 2 saturated heterocycles. The number of hydrogen-bond donors (Lipinski definition) is 0. The van der Waals surface area contributed by atoms with Crippen molar-refractivity contribution in [2.75, 3.05) is 26.2 Å². The van der Waals surface area contributed by atoms with E-state index in [1.54, 1.807) is 0 Å². The van der Waals surface area contributed by atoms with Gasteiger partial charge in [0.05, 0.1) is 12.7 Å². The minimum Gasteiger partial charge on any atom is -0.350 e. The van der Waals surface area contributed by atoms with Crippen molar-refractivity contribution in [3.8, 4) is 0 Å². The molecule has 3 heteroatoms. The third-order valence-electron chi connectivity index (χ3n) is 4.52. The van der Waals surface area contributed by atoms with Crippen molar-refractivity contribution in [3.05, 3.63) is 0 Å². The number of hydrogen-bond acceptors (Lipinski definition) is 3. The van der Waals surface area contributed by atoms with Crippen molar-refractivity contribution in [2.24, 2.45) is 5.92 Å². The van der Waals surface area contributed by atoms with E-state index in [1.807, 2.05) is 0 Å². The average Bonchev–Trinajstić information content (AvgIpc) is 2.89. The average molecular weight is 269 g/mol. The number of piperidine rings is 1. The molecule has 0 spiro atoms. The number of rotatable bonds is 7. The first-order valence-corrected chi connectivity index (χ1v) is 8.33. The molecule has 2 rings (SSSR count). The predicted molar refractivity (Wildman–Crippen MR) is 78.2 cm³/mol. The lowest BCUT2D eigenvalue weighted by molar-refractivity contribution is -0.103. The molecular formula is C16H31NO2. The summed E-state index contributed by atoms with van der Waals surface area (Å²) in [4.78, 5) is 2.55. The fraction of sp³-hybridized carbons (Fsp3) is 1.00. The van der Waals surface area contributed by atoms with Crippen LogP contribution in [0.25, 0.3) is 0 Å². The smallest absolute Gasteiger partial charge is 0.161 e. The maximum atomic E-state index is 6.15. The first-order chi connectivity index (χ1) is 9.33. The van der Waals surface area contributed by atoms with Gasteiger partial charge in [-0.15, -0.1) is 0 Å². The van der Waals surface area contributed by atoms with E-state index in [-0.39, 0.29) is 6.29 Å². The normalized spacial score (nSPS) is 30.6. The van der Waals surface area contributed by atoms with Crippen LogP contribution in [0.2, 0.25) is 0 Å². The van der Waals surface area contributed by atoms with Gasteiger partial charge < -0.3 is 14.4 Å². The summed E-state index contributed by atoms with van der Waals surface area (Å²) in [5.74, 6) is 0.589.